The van der Waals surface area contributed by atoms with Crippen molar-refractivity contribution in [1.82, 2.24) is 30.0 Å². The molecule has 1 atom stereocenters. The van der Waals surface area contributed by atoms with Crippen LogP contribution >= 0.6 is 11.6 Å². The highest BCUT2D eigenvalue weighted by Gasteiger charge is 2.18. The lowest BCUT2D eigenvalue weighted by Crippen LogP contribution is -2.32. The van der Waals surface area contributed by atoms with Gasteiger partial charge in [-0.2, -0.15) is 15.0 Å². The third-order valence-corrected chi connectivity index (χ3v) is 3.72. The molecule has 0 spiro atoms. The standard InChI is InChI=1S/C16H13ClN8O/c1-10(14-21-9-22-25(14)15-19-5-2-6-20-15)23-16(26)24-12-3-4-13(17)11(7-12)8-18/h2-7,9-10H,1H3,(H2,23,24,26)/t10-/m0/s1. The normalized spacial score (nSPS) is 11.4. The molecule has 0 saturated heterocycles. The molecule has 2 N–H and O–H groups in total. The fourth-order valence-corrected chi connectivity index (χ4v) is 2.38. The molecule has 0 aliphatic carbocycles. The van der Waals surface area contributed by atoms with Crippen molar-refractivity contribution in [3.63, 3.8) is 0 Å². The molecule has 0 unspecified atom stereocenters. The molecule has 0 aliphatic rings. The van der Waals surface area contributed by atoms with Gasteiger partial charge in [0.2, 0.25) is 0 Å². The number of benzene rings is 1. The van der Waals surface area contributed by atoms with E-state index in [0.29, 0.717) is 22.5 Å². The number of urea groups is 1. The Kier molecular flexibility index (Phi) is 5.05. The summed E-state index contributed by atoms with van der Waals surface area (Å²) in [4.78, 5) is 24.6. The molecule has 130 valence electrons. The van der Waals surface area contributed by atoms with Crippen molar-refractivity contribution in [3.05, 3.63) is 59.4 Å². The highest BCUT2D eigenvalue weighted by atomic mass is 35.5. The van der Waals surface area contributed by atoms with Gasteiger partial charge in [0.15, 0.2) is 5.82 Å². The number of rotatable bonds is 4. The largest absolute Gasteiger partial charge is 0.328 e. The summed E-state index contributed by atoms with van der Waals surface area (Å²) in [7, 11) is 0. The van der Waals surface area contributed by atoms with Gasteiger partial charge in [-0.25, -0.2) is 19.7 Å². The smallest absolute Gasteiger partial charge is 0.319 e. The van der Waals surface area contributed by atoms with Gasteiger partial charge in [0.05, 0.1) is 16.6 Å². The van der Waals surface area contributed by atoms with Crippen LogP contribution in [0.2, 0.25) is 5.02 Å². The summed E-state index contributed by atoms with van der Waals surface area (Å²) in [5.41, 5.74) is 0.724. The Morgan fingerprint density at radius 1 is 1.31 bits per heavy atom. The second-order valence-electron chi connectivity index (χ2n) is 5.21. The van der Waals surface area contributed by atoms with Crippen molar-refractivity contribution >= 4 is 23.3 Å². The molecular weight excluding hydrogens is 356 g/mol. The number of amides is 2. The molecule has 0 bridgehead atoms. The zero-order valence-electron chi connectivity index (χ0n) is 13.6. The number of nitriles is 1. The first-order valence-electron chi connectivity index (χ1n) is 7.53. The monoisotopic (exact) mass is 368 g/mol. The van der Waals surface area contributed by atoms with Gasteiger partial charge in [-0.15, -0.1) is 0 Å². The predicted molar refractivity (Wildman–Crippen MR) is 93.7 cm³/mol. The van der Waals surface area contributed by atoms with Crippen LogP contribution in [0.3, 0.4) is 0 Å². The summed E-state index contributed by atoms with van der Waals surface area (Å²) in [6, 6.07) is 7.36. The lowest BCUT2D eigenvalue weighted by Gasteiger charge is -2.14. The number of halogens is 1. The molecule has 10 heteroatoms. The van der Waals surface area contributed by atoms with Gasteiger partial charge < -0.3 is 10.6 Å². The van der Waals surface area contributed by atoms with E-state index in [1.54, 1.807) is 37.5 Å². The van der Waals surface area contributed by atoms with Crippen LogP contribution in [0.5, 0.6) is 0 Å². The minimum atomic E-state index is -0.468. The highest BCUT2D eigenvalue weighted by molar-refractivity contribution is 6.31. The number of nitrogens with zero attached hydrogens (tertiary/aromatic N) is 6. The van der Waals surface area contributed by atoms with E-state index < -0.39 is 12.1 Å². The van der Waals surface area contributed by atoms with Crippen LogP contribution in [-0.4, -0.2) is 30.8 Å². The highest BCUT2D eigenvalue weighted by Crippen LogP contribution is 2.20. The summed E-state index contributed by atoms with van der Waals surface area (Å²) in [5, 5.41) is 18.8. The average Bonchev–Trinajstić information content (AvgIpc) is 3.14. The van der Waals surface area contributed by atoms with Crippen LogP contribution in [0.15, 0.2) is 43.0 Å². The molecule has 2 aromatic heterocycles. The molecule has 0 aliphatic heterocycles. The molecule has 2 amide bonds. The number of aromatic nitrogens is 5. The Hall–Kier alpha value is -3.51. The summed E-state index contributed by atoms with van der Waals surface area (Å²) in [6.07, 6.45) is 4.54. The molecule has 3 rings (SSSR count). The Bertz CT molecular complexity index is 966. The average molecular weight is 369 g/mol. The van der Waals surface area contributed by atoms with Gasteiger partial charge >= 0.3 is 6.03 Å². The molecule has 0 fully saturated rings. The molecule has 9 nitrogen and oxygen atoms in total. The minimum Gasteiger partial charge on any atom is -0.328 e. The van der Waals surface area contributed by atoms with Crippen LogP contribution in [0, 0.1) is 11.3 Å². The maximum atomic E-state index is 12.2. The Morgan fingerprint density at radius 2 is 2.08 bits per heavy atom. The topological polar surface area (TPSA) is 121 Å². The molecule has 1 aromatic carbocycles. The summed E-state index contributed by atoms with van der Waals surface area (Å²) < 4.78 is 1.45. The van der Waals surface area contributed by atoms with Gasteiger partial charge in [-0.3, -0.25) is 0 Å². The van der Waals surface area contributed by atoms with E-state index in [1.165, 1.54) is 17.1 Å². The van der Waals surface area contributed by atoms with Crippen molar-refractivity contribution < 1.29 is 4.79 Å². The fourth-order valence-electron chi connectivity index (χ4n) is 2.22. The summed E-state index contributed by atoms with van der Waals surface area (Å²) in [6.45, 7) is 1.76. The molecule has 26 heavy (non-hydrogen) atoms. The number of carbonyl (C=O) groups excluding carboxylic acids is 1. The third-order valence-electron chi connectivity index (χ3n) is 3.40. The van der Waals surface area contributed by atoms with Crippen LogP contribution in [-0.2, 0) is 0 Å². The van der Waals surface area contributed by atoms with Crippen LogP contribution in [0.4, 0.5) is 10.5 Å². The first kappa shape index (κ1) is 17.3. The Morgan fingerprint density at radius 3 is 2.81 bits per heavy atom. The molecular formula is C16H13ClN8O. The van der Waals surface area contributed by atoms with Gasteiger partial charge in [0, 0.05) is 18.1 Å². The molecule has 0 saturated carbocycles. The van der Waals surface area contributed by atoms with Gasteiger partial charge in [0.1, 0.15) is 12.4 Å². The molecule has 3 aromatic rings. The molecule has 2 heterocycles. The number of hydrogen-bond donors (Lipinski definition) is 2. The fraction of sp³-hybridized carbons (Fsp3) is 0.125. The van der Waals surface area contributed by atoms with Crippen LogP contribution in [0.1, 0.15) is 24.4 Å². The number of carbonyl (C=O) groups is 1. The number of nitrogens with one attached hydrogen (secondary N) is 2. The van der Waals surface area contributed by atoms with Gasteiger partial charge in [-0.05, 0) is 31.2 Å². The molecule has 0 radical (unpaired) electrons. The number of anilines is 1. The SMILES string of the molecule is C[C@H](NC(=O)Nc1ccc(Cl)c(C#N)c1)c1ncnn1-c1ncccn1. The van der Waals surface area contributed by atoms with E-state index in [9.17, 15) is 4.79 Å². The van der Waals surface area contributed by atoms with Crippen molar-refractivity contribution in [1.29, 1.82) is 5.26 Å². The van der Waals surface area contributed by atoms with E-state index in [-0.39, 0.29) is 5.56 Å². The maximum Gasteiger partial charge on any atom is 0.319 e. The zero-order valence-corrected chi connectivity index (χ0v) is 14.3. The van der Waals surface area contributed by atoms with Crippen molar-refractivity contribution in [3.8, 4) is 12.0 Å². The summed E-state index contributed by atoms with van der Waals surface area (Å²) in [5.74, 6) is 0.825. The first-order chi connectivity index (χ1) is 12.6. The zero-order chi connectivity index (χ0) is 18.5. The van der Waals surface area contributed by atoms with Crippen LogP contribution < -0.4 is 10.6 Å². The minimum absolute atomic E-state index is 0.276. The number of hydrogen-bond acceptors (Lipinski definition) is 6. The van der Waals surface area contributed by atoms with E-state index >= 15 is 0 Å². The lowest BCUT2D eigenvalue weighted by molar-refractivity contribution is 0.248. The third kappa shape index (κ3) is 3.76. The Labute approximate surface area is 153 Å². The first-order valence-corrected chi connectivity index (χ1v) is 7.90. The predicted octanol–water partition coefficient (Wildman–Crippen LogP) is 2.47. The second kappa shape index (κ2) is 7.58. The Balaban J connectivity index is 1.71. The van der Waals surface area contributed by atoms with Gasteiger partial charge in [0.25, 0.3) is 5.95 Å². The van der Waals surface area contributed by atoms with E-state index in [4.69, 9.17) is 16.9 Å². The second-order valence-corrected chi connectivity index (χ2v) is 5.61. The van der Waals surface area contributed by atoms with Crippen molar-refractivity contribution in [2.24, 2.45) is 0 Å². The van der Waals surface area contributed by atoms with Crippen LogP contribution in [0.25, 0.3) is 5.95 Å². The lowest BCUT2D eigenvalue weighted by atomic mass is 10.2. The van der Waals surface area contributed by atoms with Gasteiger partial charge in [-0.1, -0.05) is 11.6 Å². The van der Waals surface area contributed by atoms with E-state index in [2.05, 4.69) is 30.7 Å². The maximum absolute atomic E-state index is 12.2. The quantitative estimate of drug-likeness (QED) is 0.729. The van der Waals surface area contributed by atoms with Crippen molar-refractivity contribution in [2.75, 3.05) is 5.32 Å². The van der Waals surface area contributed by atoms with Crippen molar-refractivity contribution in [2.45, 2.75) is 13.0 Å². The summed E-state index contributed by atoms with van der Waals surface area (Å²) >= 11 is 5.88. The van der Waals surface area contributed by atoms with E-state index in [1.807, 2.05) is 6.07 Å². The van der Waals surface area contributed by atoms with E-state index in [0.717, 1.165) is 0 Å².